The highest BCUT2D eigenvalue weighted by Crippen LogP contribution is 2.28. The van der Waals surface area contributed by atoms with E-state index in [9.17, 15) is 4.79 Å². The van der Waals surface area contributed by atoms with Crippen LogP contribution in [0.15, 0.2) is 80.2 Å². The van der Waals surface area contributed by atoms with Crippen molar-refractivity contribution in [3.63, 3.8) is 0 Å². The van der Waals surface area contributed by atoms with Crippen LogP contribution in [0.25, 0.3) is 17.4 Å². The van der Waals surface area contributed by atoms with Crippen LogP contribution in [0.4, 0.5) is 0 Å². The van der Waals surface area contributed by atoms with Gasteiger partial charge in [-0.1, -0.05) is 40.2 Å². The average Bonchev–Trinajstić information content (AvgIpc) is 3.30. The van der Waals surface area contributed by atoms with Crippen LogP contribution in [0, 0.1) is 0 Å². The summed E-state index contributed by atoms with van der Waals surface area (Å²) in [6.07, 6.45) is 1.56. The number of hydrogen-bond donors (Lipinski definition) is 0. The van der Waals surface area contributed by atoms with Gasteiger partial charge < -0.3 is 13.9 Å². The Morgan fingerprint density at radius 1 is 1.04 bits per heavy atom. The van der Waals surface area contributed by atoms with Crippen molar-refractivity contribution in [3.05, 3.63) is 82.2 Å². The van der Waals surface area contributed by atoms with Crippen LogP contribution in [-0.4, -0.2) is 19.0 Å². The second kappa shape index (κ2) is 7.25. The largest absolute Gasteiger partial charge is 0.496 e. The van der Waals surface area contributed by atoms with Gasteiger partial charge >= 0.3 is 5.97 Å². The Kier molecular flexibility index (Phi) is 4.64. The third-order valence-electron chi connectivity index (χ3n) is 3.99. The number of nitrogens with zero attached hydrogens (tertiary/aromatic N) is 1. The zero-order valence-corrected chi connectivity index (χ0v) is 15.9. The van der Waals surface area contributed by atoms with Crippen LogP contribution in [0.1, 0.15) is 11.3 Å². The molecule has 1 aliphatic rings. The van der Waals surface area contributed by atoms with Crippen LogP contribution >= 0.6 is 15.9 Å². The summed E-state index contributed by atoms with van der Waals surface area (Å²) < 4.78 is 17.4. The van der Waals surface area contributed by atoms with E-state index in [4.69, 9.17) is 13.9 Å². The first-order valence-corrected chi connectivity index (χ1v) is 8.95. The molecule has 5 nitrogen and oxygen atoms in total. The summed E-state index contributed by atoms with van der Waals surface area (Å²) in [7, 11) is 1.55. The van der Waals surface area contributed by atoms with E-state index in [1.54, 1.807) is 31.4 Å². The van der Waals surface area contributed by atoms with Gasteiger partial charge in [0.05, 0.1) is 12.7 Å². The first-order chi connectivity index (χ1) is 13.1. The van der Waals surface area contributed by atoms with E-state index in [0.29, 0.717) is 22.8 Å². The highest BCUT2D eigenvalue weighted by molar-refractivity contribution is 9.10. The second-order valence-electron chi connectivity index (χ2n) is 5.75. The molecule has 2 heterocycles. The number of carbonyl (C=O) groups is 1. The number of aliphatic imine (C=N–C) groups is 1. The number of benzene rings is 2. The maximum absolute atomic E-state index is 12.2. The summed E-state index contributed by atoms with van der Waals surface area (Å²) in [6.45, 7) is 0. The van der Waals surface area contributed by atoms with Gasteiger partial charge in [-0.05, 0) is 36.4 Å². The van der Waals surface area contributed by atoms with E-state index in [1.165, 1.54) is 0 Å². The SMILES string of the molecule is COc1ccccc1C1=N/C(=C/c2ccc(-c3ccc(Br)cc3)o2)C(=O)O1. The number of hydrogen-bond acceptors (Lipinski definition) is 5. The highest BCUT2D eigenvalue weighted by atomic mass is 79.9. The summed E-state index contributed by atoms with van der Waals surface area (Å²) >= 11 is 3.41. The van der Waals surface area contributed by atoms with Crippen LogP contribution in [0.5, 0.6) is 5.75 Å². The molecule has 0 fully saturated rings. The Morgan fingerprint density at radius 2 is 1.81 bits per heavy atom. The Hall–Kier alpha value is -3.12. The van der Waals surface area contributed by atoms with E-state index >= 15 is 0 Å². The topological polar surface area (TPSA) is 61.0 Å². The molecule has 0 bridgehead atoms. The molecule has 1 aliphatic heterocycles. The predicted octanol–water partition coefficient (Wildman–Crippen LogP) is 5.06. The Bertz CT molecular complexity index is 1060. The molecule has 2 aromatic carbocycles. The van der Waals surface area contributed by atoms with Crippen molar-refractivity contribution in [1.29, 1.82) is 0 Å². The molecular formula is C21H14BrNO4. The number of methoxy groups -OCH3 is 1. The van der Waals surface area contributed by atoms with E-state index in [-0.39, 0.29) is 11.6 Å². The number of ether oxygens (including phenoxy) is 2. The van der Waals surface area contributed by atoms with Gasteiger partial charge in [0.1, 0.15) is 17.3 Å². The minimum Gasteiger partial charge on any atom is -0.496 e. The number of carbonyl (C=O) groups excluding carboxylic acids is 1. The molecule has 4 rings (SSSR count). The number of cyclic esters (lactones) is 1. The summed E-state index contributed by atoms with van der Waals surface area (Å²) in [5.41, 5.74) is 1.73. The zero-order chi connectivity index (χ0) is 18.8. The van der Waals surface area contributed by atoms with Crippen LogP contribution in [-0.2, 0) is 9.53 Å². The minimum absolute atomic E-state index is 0.174. The van der Waals surface area contributed by atoms with E-state index < -0.39 is 5.97 Å². The lowest BCUT2D eigenvalue weighted by atomic mass is 10.2. The molecule has 0 saturated carbocycles. The molecule has 3 aromatic rings. The molecule has 0 unspecified atom stereocenters. The van der Waals surface area contributed by atoms with Gasteiger partial charge in [-0.3, -0.25) is 0 Å². The number of halogens is 1. The van der Waals surface area contributed by atoms with Crippen molar-refractivity contribution in [2.75, 3.05) is 7.11 Å². The van der Waals surface area contributed by atoms with E-state index in [0.717, 1.165) is 10.0 Å². The van der Waals surface area contributed by atoms with Crippen molar-refractivity contribution in [2.24, 2.45) is 4.99 Å². The van der Waals surface area contributed by atoms with Gasteiger partial charge in [0.25, 0.3) is 0 Å². The van der Waals surface area contributed by atoms with Crippen LogP contribution < -0.4 is 4.74 Å². The average molecular weight is 424 g/mol. The summed E-state index contributed by atoms with van der Waals surface area (Å²) in [6, 6.07) is 18.6. The summed E-state index contributed by atoms with van der Waals surface area (Å²) in [5, 5.41) is 0. The predicted molar refractivity (Wildman–Crippen MR) is 105 cm³/mol. The molecule has 0 saturated heterocycles. The molecule has 6 heteroatoms. The van der Waals surface area contributed by atoms with Gasteiger partial charge in [-0.15, -0.1) is 0 Å². The maximum Gasteiger partial charge on any atom is 0.363 e. The quantitative estimate of drug-likeness (QED) is 0.434. The molecule has 0 N–H and O–H groups in total. The standard InChI is InChI=1S/C21H14BrNO4/c1-25-19-5-3-2-4-16(19)20-23-17(21(24)27-20)12-15-10-11-18(26-15)13-6-8-14(22)9-7-13/h2-12H,1H3/b17-12+. The van der Waals surface area contributed by atoms with Gasteiger partial charge in [0.15, 0.2) is 5.70 Å². The molecule has 0 spiro atoms. The molecule has 1 aromatic heterocycles. The van der Waals surface area contributed by atoms with Crippen molar-refractivity contribution in [1.82, 2.24) is 0 Å². The molecular weight excluding hydrogens is 410 g/mol. The van der Waals surface area contributed by atoms with Gasteiger partial charge in [0.2, 0.25) is 5.90 Å². The minimum atomic E-state index is -0.530. The molecule has 0 atom stereocenters. The molecule has 27 heavy (non-hydrogen) atoms. The highest BCUT2D eigenvalue weighted by Gasteiger charge is 2.26. The summed E-state index contributed by atoms with van der Waals surface area (Å²) in [5.74, 6) is 1.49. The van der Waals surface area contributed by atoms with Gasteiger partial charge in [-0.2, -0.15) is 0 Å². The molecule has 0 aliphatic carbocycles. The zero-order valence-electron chi connectivity index (χ0n) is 14.3. The first-order valence-electron chi connectivity index (χ1n) is 8.16. The van der Waals surface area contributed by atoms with Crippen molar-refractivity contribution >= 4 is 33.9 Å². The smallest absolute Gasteiger partial charge is 0.363 e. The monoisotopic (exact) mass is 423 g/mol. The third kappa shape index (κ3) is 3.57. The maximum atomic E-state index is 12.2. The fourth-order valence-electron chi connectivity index (χ4n) is 2.68. The van der Waals surface area contributed by atoms with Crippen LogP contribution in [0.2, 0.25) is 0 Å². The normalized spacial score (nSPS) is 15.0. The molecule has 134 valence electrons. The van der Waals surface area contributed by atoms with Crippen molar-refractivity contribution in [2.45, 2.75) is 0 Å². The number of para-hydroxylation sites is 1. The van der Waals surface area contributed by atoms with Gasteiger partial charge in [0, 0.05) is 16.1 Å². The number of furan rings is 1. The lowest BCUT2D eigenvalue weighted by Crippen LogP contribution is -2.06. The molecule has 0 radical (unpaired) electrons. The Balaban J connectivity index is 1.63. The number of esters is 1. The first kappa shape index (κ1) is 17.3. The lowest BCUT2D eigenvalue weighted by Gasteiger charge is -2.05. The Labute approximate surface area is 164 Å². The number of rotatable bonds is 4. The fourth-order valence-corrected chi connectivity index (χ4v) is 2.94. The molecule has 0 amide bonds. The van der Waals surface area contributed by atoms with Gasteiger partial charge in [-0.25, -0.2) is 9.79 Å². The summed E-state index contributed by atoms with van der Waals surface area (Å²) in [4.78, 5) is 16.5. The van der Waals surface area contributed by atoms with Crippen molar-refractivity contribution in [3.8, 4) is 17.1 Å². The van der Waals surface area contributed by atoms with Crippen molar-refractivity contribution < 1.29 is 18.7 Å². The van der Waals surface area contributed by atoms with E-state index in [2.05, 4.69) is 20.9 Å². The third-order valence-corrected chi connectivity index (χ3v) is 4.52. The van der Waals surface area contributed by atoms with E-state index in [1.807, 2.05) is 42.5 Å². The fraction of sp³-hybridized carbons (Fsp3) is 0.0476. The Morgan fingerprint density at radius 3 is 2.59 bits per heavy atom. The second-order valence-corrected chi connectivity index (χ2v) is 6.66. The van der Waals surface area contributed by atoms with Crippen LogP contribution in [0.3, 0.4) is 0 Å². The lowest BCUT2D eigenvalue weighted by molar-refractivity contribution is -0.129.